The Labute approximate surface area is 153 Å². The number of nitrogens with zero attached hydrogens (tertiary/aromatic N) is 5. The van der Waals surface area contributed by atoms with Gasteiger partial charge in [-0.15, -0.1) is 0 Å². The molecule has 0 aromatic carbocycles. The Balaban J connectivity index is 1.74. The maximum atomic E-state index is 12.8. The first-order valence-corrected chi connectivity index (χ1v) is 8.66. The van der Waals surface area contributed by atoms with Gasteiger partial charge in [-0.1, -0.05) is 6.07 Å². The number of nitrogen functional groups attached to an aromatic ring is 1. The molecule has 1 fully saturated rings. The van der Waals surface area contributed by atoms with Crippen LogP contribution in [0.25, 0.3) is 0 Å². The van der Waals surface area contributed by atoms with Gasteiger partial charge in [-0.25, -0.2) is 9.97 Å². The summed E-state index contributed by atoms with van der Waals surface area (Å²) in [7, 11) is 0. The van der Waals surface area contributed by atoms with Gasteiger partial charge in [0, 0.05) is 45.3 Å². The molecule has 2 aromatic heterocycles. The lowest BCUT2D eigenvalue weighted by Gasteiger charge is -2.35. The molecule has 2 N–H and O–H groups in total. The van der Waals surface area contributed by atoms with Crippen molar-refractivity contribution in [3.8, 4) is 6.07 Å². The molecule has 1 saturated heterocycles. The molecule has 2 aromatic rings. The van der Waals surface area contributed by atoms with Crippen LogP contribution in [-0.4, -0.2) is 53.4 Å². The quantitative estimate of drug-likeness (QED) is 0.818. The molecule has 0 atom stereocenters. The number of ketones is 1. The SMILES string of the molecule is Cc1cnc(N)c(C(=O)c2cccc(N3CCN(CCC#N)CC3)n2)c1. The van der Waals surface area contributed by atoms with Gasteiger partial charge >= 0.3 is 0 Å². The predicted octanol–water partition coefficient (Wildman–Crippen LogP) is 1.63. The highest BCUT2D eigenvalue weighted by Crippen LogP contribution is 2.19. The van der Waals surface area contributed by atoms with Crippen LogP contribution in [0, 0.1) is 18.3 Å². The summed E-state index contributed by atoms with van der Waals surface area (Å²) in [5.41, 5.74) is 7.50. The van der Waals surface area contributed by atoms with Gasteiger partial charge < -0.3 is 10.6 Å². The van der Waals surface area contributed by atoms with E-state index >= 15 is 0 Å². The monoisotopic (exact) mass is 350 g/mol. The third kappa shape index (κ3) is 3.98. The van der Waals surface area contributed by atoms with Gasteiger partial charge in [-0.2, -0.15) is 5.26 Å². The Kier molecular flexibility index (Phi) is 5.44. The molecule has 0 bridgehead atoms. The normalized spacial score (nSPS) is 14.8. The van der Waals surface area contributed by atoms with Gasteiger partial charge in [-0.05, 0) is 30.7 Å². The average Bonchev–Trinajstić information content (AvgIpc) is 2.68. The van der Waals surface area contributed by atoms with Gasteiger partial charge in [0.2, 0.25) is 5.78 Å². The molecule has 0 amide bonds. The Morgan fingerprint density at radius 3 is 2.81 bits per heavy atom. The fourth-order valence-corrected chi connectivity index (χ4v) is 3.03. The van der Waals surface area contributed by atoms with E-state index < -0.39 is 0 Å². The van der Waals surface area contributed by atoms with Gasteiger partial charge in [0.15, 0.2) is 0 Å². The number of carbonyl (C=O) groups is 1. The largest absolute Gasteiger partial charge is 0.383 e. The summed E-state index contributed by atoms with van der Waals surface area (Å²) in [6.07, 6.45) is 2.19. The predicted molar refractivity (Wildman–Crippen MR) is 99.9 cm³/mol. The maximum absolute atomic E-state index is 12.8. The molecule has 1 aliphatic heterocycles. The second kappa shape index (κ2) is 7.93. The number of anilines is 2. The lowest BCUT2D eigenvalue weighted by Crippen LogP contribution is -2.46. The van der Waals surface area contributed by atoms with Crippen LogP contribution in [0.15, 0.2) is 30.5 Å². The van der Waals surface area contributed by atoms with Crippen molar-refractivity contribution in [1.29, 1.82) is 5.26 Å². The average molecular weight is 350 g/mol. The molecule has 26 heavy (non-hydrogen) atoms. The van der Waals surface area contributed by atoms with E-state index in [0.29, 0.717) is 17.7 Å². The van der Waals surface area contributed by atoms with Crippen LogP contribution in [0.4, 0.5) is 11.6 Å². The first-order valence-electron chi connectivity index (χ1n) is 8.66. The zero-order chi connectivity index (χ0) is 18.5. The molecule has 0 unspecified atom stereocenters. The molecule has 0 spiro atoms. The van der Waals surface area contributed by atoms with Crippen LogP contribution in [0.3, 0.4) is 0 Å². The van der Waals surface area contributed by atoms with E-state index in [2.05, 4.69) is 25.8 Å². The van der Waals surface area contributed by atoms with E-state index in [1.54, 1.807) is 18.3 Å². The number of aryl methyl sites for hydroxylation is 1. The van der Waals surface area contributed by atoms with Gasteiger partial charge in [0.1, 0.15) is 17.3 Å². The molecule has 0 saturated carbocycles. The lowest BCUT2D eigenvalue weighted by molar-refractivity contribution is 0.103. The number of hydrogen-bond donors (Lipinski definition) is 1. The first-order chi connectivity index (χ1) is 12.6. The number of pyridine rings is 2. The standard InChI is InChI=1S/C19H22N6O/c1-14-12-15(19(21)22-13-14)18(26)16-4-2-5-17(23-16)25-10-8-24(9-11-25)7-3-6-20/h2,4-5,12-13H,3,7-11H2,1H3,(H2,21,22). The molecular formula is C19H22N6O. The zero-order valence-corrected chi connectivity index (χ0v) is 14.9. The third-order valence-corrected chi connectivity index (χ3v) is 4.50. The Morgan fingerprint density at radius 2 is 2.08 bits per heavy atom. The maximum Gasteiger partial charge on any atom is 0.215 e. The highest BCUT2D eigenvalue weighted by molar-refractivity contribution is 6.10. The Bertz CT molecular complexity index is 836. The minimum atomic E-state index is -0.215. The summed E-state index contributed by atoms with van der Waals surface area (Å²) in [4.78, 5) is 25.8. The minimum absolute atomic E-state index is 0.215. The van der Waals surface area contributed by atoms with Crippen LogP contribution in [0.2, 0.25) is 0 Å². The summed E-state index contributed by atoms with van der Waals surface area (Å²) in [6, 6.07) is 9.39. The third-order valence-electron chi connectivity index (χ3n) is 4.50. The van der Waals surface area contributed by atoms with Crippen molar-refractivity contribution in [3.63, 3.8) is 0 Å². The first kappa shape index (κ1) is 17.8. The zero-order valence-electron chi connectivity index (χ0n) is 14.9. The highest BCUT2D eigenvalue weighted by Gasteiger charge is 2.20. The lowest BCUT2D eigenvalue weighted by atomic mass is 10.1. The number of nitrogens with two attached hydrogens (primary N) is 1. The van der Waals surface area contributed by atoms with Gasteiger partial charge in [0.05, 0.1) is 11.6 Å². The van der Waals surface area contributed by atoms with E-state index in [1.807, 2.05) is 19.1 Å². The number of aromatic nitrogens is 2. The van der Waals surface area contributed by atoms with Gasteiger partial charge in [0.25, 0.3) is 0 Å². The Morgan fingerprint density at radius 1 is 1.31 bits per heavy atom. The molecule has 7 nitrogen and oxygen atoms in total. The van der Waals surface area contributed by atoms with E-state index in [9.17, 15) is 4.79 Å². The molecule has 0 radical (unpaired) electrons. The summed E-state index contributed by atoms with van der Waals surface area (Å²) >= 11 is 0. The van der Waals surface area contributed by atoms with Crippen molar-refractivity contribution in [2.24, 2.45) is 0 Å². The van der Waals surface area contributed by atoms with Crippen LogP contribution in [-0.2, 0) is 0 Å². The van der Waals surface area contributed by atoms with Crippen LogP contribution in [0.1, 0.15) is 28.0 Å². The van der Waals surface area contributed by atoms with Crippen molar-refractivity contribution >= 4 is 17.4 Å². The number of rotatable bonds is 5. The summed E-state index contributed by atoms with van der Waals surface area (Å²) in [5, 5.41) is 8.70. The van der Waals surface area contributed by atoms with Crippen molar-refractivity contribution in [2.45, 2.75) is 13.3 Å². The molecule has 3 heterocycles. The molecule has 3 rings (SSSR count). The second-order valence-corrected chi connectivity index (χ2v) is 6.39. The second-order valence-electron chi connectivity index (χ2n) is 6.39. The Hall–Kier alpha value is -2.98. The summed E-state index contributed by atoms with van der Waals surface area (Å²) < 4.78 is 0. The molecule has 1 aliphatic rings. The van der Waals surface area contributed by atoms with Crippen molar-refractivity contribution in [3.05, 3.63) is 47.3 Å². The van der Waals surface area contributed by atoms with E-state index in [4.69, 9.17) is 11.0 Å². The number of nitriles is 1. The fraction of sp³-hybridized carbons (Fsp3) is 0.368. The van der Waals surface area contributed by atoms with Crippen LogP contribution >= 0.6 is 0 Å². The van der Waals surface area contributed by atoms with E-state index in [0.717, 1.165) is 44.1 Å². The number of piperazine rings is 1. The molecule has 134 valence electrons. The molecule has 0 aliphatic carbocycles. The topological polar surface area (TPSA) is 99.1 Å². The van der Waals surface area contributed by atoms with E-state index in [1.165, 1.54) is 0 Å². The highest BCUT2D eigenvalue weighted by atomic mass is 16.1. The molecule has 7 heteroatoms. The van der Waals surface area contributed by atoms with Crippen molar-refractivity contribution in [1.82, 2.24) is 14.9 Å². The summed E-state index contributed by atoms with van der Waals surface area (Å²) in [6.45, 7) is 6.09. The number of hydrogen-bond acceptors (Lipinski definition) is 7. The van der Waals surface area contributed by atoms with E-state index in [-0.39, 0.29) is 11.6 Å². The molecular weight excluding hydrogens is 328 g/mol. The van der Waals surface area contributed by atoms with Crippen LogP contribution < -0.4 is 10.6 Å². The number of carbonyl (C=O) groups excluding carboxylic acids is 1. The minimum Gasteiger partial charge on any atom is -0.383 e. The smallest absolute Gasteiger partial charge is 0.215 e. The van der Waals surface area contributed by atoms with Crippen LogP contribution in [0.5, 0.6) is 0 Å². The van der Waals surface area contributed by atoms with Crippen molar-refractivity contribution < 1.29 is 4.79 Å². The van der Waals surface area contributed by atoms with Crippen molar-refractivity contribution in [2.75, 3.05) is 43.4 Å². The fourth-order valence-electron chi connectivity index (χ4n) is 3.03. The van der Waals surface area contributed by atoms with Gasteiger partial charge in [-0.3, -0.25) is 9.69 Å². The summed E-state index contributed by atoms with van der Waals surface area (Å²) in [5.74, 6) is 0.794.